The van der Waals surface area contributed by atoms with Gasteiger partial charge in [0.2, 0.25) is 0 Å². The molecule has 0 aliphatic heterocycles. The van der Waals surface area contributed by atoms with Crippen molar-refractivity contribution < 1.29 is 21.8 Å². The van der Waals surface area contributed by atoms with Gasteiger partial charge in [0.15, 0.2) is 5.78 Å². The number of hydrogen-bond donors (Lipinski definition) is 1. The third-order valence-corrected chi connectivity index (χ3v) is 9.72. The maximum absolute atomic E-state index is 13.3. The van der Waals surface area contributed by atoms with Crippen LogP contribution in [0.15, 0.2) is 97.2 Å². The number of aromatic amines is 1. The highest BCUT2D eigenvalue weighted by atomic mass is 79.9. The molecule has 0 bridgehead atoms. The van der Waals surface area contributed by atoms with Crippen molar-refractivity contribution in [3.05, 3.63) is 103 Å². The van der Waals surface area contributed by atoms with Gasteiger partial charge >= 0.3 is 0 Å². The van der Waals surface area contributed by atoms with Crippen molar-refractivity contribution in [1.82, 2.24) is 15.4 Å². The van der Waals surface area contributed by atoms with Gasteiger partial charge in [-0.05, 0) is 49.2 Å². The number of aryl methyl sites for hydroxylation is 1. The highest BCUT2D eigenvalue weighted by Gasteiger charge is 2.46. The lowest BCUT2D eigenvalue weighted by Crippen LogP contribution is -3.00. The van der Waals surface area contributed by atoms with Gasteiger partial charge in [-0.3, -0.25) is 4.79 Å². The third-order valence-electron chi connectivity index (χ3n) is 5.36. The maximum Gasteiger partial charge on any atom is 0.171 e. The summed E-state index contributed by atoms with van der Waals surface area (Å²) in [5.41, 5.74) is 0.901. The number of nitrogens with one attached hydrogen (secondary N) is 1. The fourth-order valence-corrected chi connectivity index (χ4v) is 8.10. The average Bonchev–Trinajstić information content (AvgIpc) is 3.33. The van der Waals surface area contributed by atoms with Crippen molar-refractivity contribution in [2.24, 2.45) is 0 Å². The van der Waals surface area contributed by atoms with E-state index >= 15 is 0 Å². The van der Waals surface area contributed by atoms with Gasteiger partial charge in [0.25, 0.3) is 0 Å². The minimum Gasteiger partial charge on any atom is -1.00 e. The third kappa shape index (κ3) is 5.36. The molecule has 0 spiro atoms. The second kappa shape index (κ2) is 11.1. The predicted molar refractivity (Wildman–Crippen MR) is 124 cm³/mol. The number of nitrogens with zero attached hydrogens (tertiary/aromatic N) is 2. The highest BCUT2D eigenvalue weighted by molar-refractivity contribution is 7.96. The number of rotatable bonds is 9. The molecule has 6 heteroatoms. The van der Waals surface area contributed by atoms with Crippen LogP contribution in [0.25, 0.3) is 0 Å². The van der Waals surface area contributed by atoms with E-state index < -0.39 is 7.26 Å². The van der Waals surface area contributed by atoms with Gasteiger partial charge in [0, 0.05) is 6.42 Å². The van der Waals surface area contributed by atoms with Crippen LogP contribution >= 0.6 is 7.26 Å². The van der Waals surface area contributed by atoms with Gasteiger partial charge < -0.3 is 17.0 Å². The summed E-state index contributed by atoms with van der Waals surface area (Å²) in [5.74, 6) is 0.295. The van der Waals surface area contributed by atoms with Crippen molar-refractivity contribution >= 4 is 29.0 Å². The van der Waals surface area contributed by atoms with Gasteiger partial charge in [0.05, 0.1) is 11.9 Å². The summed E-state index contributed by atoms with van der Waals surface area (Å²) in [6, 6.07) is 31.6. The summed E-state index contributed by atoms with van der Waals surface area (Å²) in [4.78, 5) is 13.3. The number of Topliss-reactive ketones (excluding diaryl/α,β-unsaturated/α-hetero) is 1. The highest BCUT2D eigenvalue weighted by Crippen LogP contribution is 2.55. The van der Waals surface area contributed by atoms with E-state index in [4.69, 9.17) is 0 Å². The van der Waals surface area contributed by atoms with Crippen molar-refractivity contribution in [1.29, 1.82) is 0 Å². The molecule has 158 valence electrons. The molecule has 0 aliphatic rings. The smallest absolute Gasteiger partial charge is 0.171 e. The van der Waals surface area contributed by atoms with Gasteiger partial charge in [-0.1, -0.05) is 54.6 Å². The molecule has 0 saturated carbocycles. The Morgan fingerprint density at radius 2 is 1.26 bits per heavy atom. The molecule has 0 saturated heterocycles. The molecule has 1 aromatic heterocycles. The van der Waals surface area contributed by atoms with Crippen LogP contribution in [0.2, 0.25) is 0 Å². The van der Waals surface area contributed by atoms with Crippen LogP contribution in [0.5, 0.6) is 0 Å². The van der Waals surface area contributed by atoms with Gasteiger partial charge in [0.1, 0.15) is 29.3 Å². The van der Waals surface area contributed by atoms with Crippen molar-refractivity contribution in [3.8, 4) is 0 Å². The monoisotopic (exact) mass is 493 g/mol. The first-order valence-electron chi connectivity index (χ1n) is 10.2. The number of aromatic nitrogens is 3. The number of carbonyl (C=O) groups excluding carboxylic acids is 1. The molecule has 3 aromatic carbocycles. The summed E-state index contributed by atoms with van der Waals surface area (Å²) >= 11 is 0. The minimum atomic E-state index is -2.09. The zero-order valence-corrected chi connectivity index (χ0v) is 19.7. The topological polar surface area (TPSA) is 58.6 Å². The van der Waals surface area contributed by atoms with Crippen molar-refractivity contribution in [2.45, 2.75) is 19.3 Å². The number of halogens is 1. The van der Waals surface area contributed by atoms with E-state index in [1.165, 1.54) is 15.9 Å². The normalized spacial score (nSPS) is 11.0. The second-order valence-electron chi connectivity index (χ2n) is 7.33. The Balaban J connectivity index is 0.00000272. The molecule has 0 radical (unpaired) electrons. The van der Waals surface area contributed by atoms with Gasteiger partial charge in [-0.2, -0.15) is 15.4 Å². The molecule has 4 rings (SSSR count). The number of carbonyl (C=O) groups is 1. The fourth-order valence-electron chi connectivity index (χ4n) is 3.92. The first kappa shape index (κ1) is 23.1. The lowest BCUT2D eigenvalue weighted by Gasteiger charge is -2.27. The van der Waals surface area contributed by atoms with E-state index in [0.29, 0.717) is 18.4 Å². The lowest BCUT2D eigenvalue weighted by molar-refractivity contribution is -0.116. The number of hydrogen-bond acceptors (Lipinski definition) is 3. The van der Waals surface area contributed by atoms with Gasteiger partial charge in [-0.15, -0.1) is 0 Å². The van der Waals surface area contributed by atoms with Crippen LogP contribution in [-0.2, 0) is 11.2 Å². The molecule has 0 unspecified atom stereocenters. The SMILES string of the molecule is O=C(CCCc1cn[nH]n1)C[P+](c1ccccc1)(c1ccccc1)c1ccccc1.[Br-]. The van der Waals surface area contributed by atoms with Gasteiger partial charge in [-0.25, -0.2) is 0 Å². The first-order chi connectivity index (χ1) is 14.8. The molecule has 31 heavy (non-hydrogen) atoms. The van der Waals surface area contributed by atoms with Crippen LogP contribution < -0.4 is 32.9 Å². The largest absolute Gasteiger partial charge is 1.00 e. The first-order valence-corrected chi connectivity index (χ1v) is 12.2. The standard InChI is InChI=1S/C25H25N3OP.BrH/c29-22(12-10-11-21-19-26-28-27-21)20-30(23-13-4-1-5-14-23,24-15-6-2-7-16-24)25-17-8-3-9-18-25;/h1-9,13-19H,10-12,20H2,(H,26,27,28);1H/q+1;/p-1. The van der Waals surface area contributed by atoms with Crippen LogP contribution in [0, 0.1) is 0 Å². The quantitative estimate of drug-likeness (QED) is 0.349. The minimum absolute atomic E-state index is 0. The molecule has 0 aliphatic carbocycles. The summed E-state index contributed by atoms with van der Waals surface area (Å²) < 4.78 is 0. The molecule has 1 heterocycles. The van der Waals surface area contributed by atoms with E-state index in [2.05, 4.69) is 88.2 Å². The Hall–Kier alpha value is -2.62. The fraction of sp³-hybridized carbons (Fsp3) is 0.160. The van der Waals surface area contributed by atoms with E-state index in [-0.39, 0.29) is 17.0 Å². The molecule has 4 nitrogen and oxygen atoms in total. The van der Waals surface area contributed by atoms with E-state index in [0.717, 1.165) is 18.5 Å². The Labute approximate surface area is 194 Å². The Bertz CT molecular complexity index is 961. The Morgan fingerprint density at radius 3 is 1.68 bits per heavy atom. The lowest BCUT2D eigenvalue weighted by atomic mass is 10.1. The molecule has 4 aromatic rings. The summed E-state index contributed by atoms with van der Waals surface area (Å²) in [6.45, 7) is 0. The average molecular weight is 494 g/mol. The molecular formula is C25H25BrN3OP. The van der Waals surface area contributed by atoms with Crippen LogP contribution in [0.3, 0.4) is 0 Å². The van der Waals surface area contributed by atoms with Crippen molar-refractivity contribution in [2.75, 3.05) is 6.16 Å². The second-order valence-corrected chi connectivity index (χ2v) is 10.8. The van der Waals surface area contributed by atoms with Crippen LogP contribution in [-0.4, -0.2) is 27.4 Å². The molecule has 0 fully saturated rings. The number of benzene rings is 3. The van der Waals surface area contributed by atoms with Crippen LogP contribution in [0.1, 0.15) is 18.5 Å². The predicted octanol–water partition coefficient (Wildman–Crippen LogP) is 0.695. The summed E-state index contributed by atoms with van der Waals surface area (Å²) in [6.07, 6.45) is 4.34. The summed E-state index contributed by atoms with van der Waals surface area (Å²) in [5, 5.41) is 14.3. The van der Waals surface area contributed by atoms with Crippen molar-refractivity contribution in [3.63, 3.8) is 0 Å². The maximum atomic E-state index is 13.3. The van der Waals surface area contributed by atoms with E-state index in [1.54, 1.807) is 6.20 Å². The zero-order chi connectivity index (χ0) is 20.7. The molecule has 0 amide bonds. The van der Waals surface area contributed by atoms with E-state index in [9.17, 15) is 4.79 Å². The molecule has 0 atom stereocenters. The zero-order valence-electron chi connectivity index (χ0n) is 17.2. The summed E-state index contributed by atoms with van der Waals surface area (Å²) in [7, 11) is -2.09. The number of H-pyrrole nitrogens is 1. The molecule has 1 N–H and O–H groups in total. The Morgan fingerprint density at radius 1 is 0.774 bits per heavy atom. The van der Waals surface area contributed by atoms with E-state index in [1.807, 2.05) is 18.2 Å². The van der Waals surface area contributed by atoms with Crippen LogP contribution in [0.4, 0.5) is 0 Å². The Kier molecular flexibility index (Phi) is 8.27. The molecular weight excluding hydrogens is 469 g/mol. The number of ketones is 1.